The quantitative estimate of drug-likeness (QED) is 0.481. The Morgan fingerprint density at radius 1 is 0.897 bits per heavy atom. The van der Waals surface area contributed by atoms with Crippen LogP contribution in [0.15, 0.2) is 84.1 Å². The Morgan fingerprint density at radius 3 is 2.45 bits per heavy atom. The molecule has 0 fully saturated rings. The summed E-state index contributed by atoms with van der Waals surface area (Å²) in [5.41, 5.74) is 1.69. The van der Waals surface area contributed by atoms with E-state index in [9.17, 15) is 17.2 Å². The molecule has 29 heavy (non-hydrogen) atoms. The molecule has 7 heteroatoms. The Labute approximate surface area is 167 Å². The minimum absolute atomic E-state index is 0.0209. The highest BCUT2D eigenvalue weighted by molar-refractivity contribution is 7.90. The summed E-state index contributed by atoms with van der Waals surface area (Å²) < 4.78 is 55.5. The number of halogens is 2. The van der Waals surface area contributed by atoms with E-state index >= 15 is 0 Å². The van der Waals surface area contributed by atoms with E-state index in [0.717, 1.165) is 10.2 Å². The van der Waals surface area contributed by atoms with Gasteiger partial charge in [0.1, 0.15) is 11.6 Å². The first kappa shape index (κ1) is 19.0. The lowest BCUT2D eigenvalue weighted by Gasteiger charge is -2.12. The molecule has 2 aromatic carbocycles. The van der Waals surface area contributed by atoms with Gasteiger partial charge in [-0.25, -0.2) is 21.2 Å². The number of aromatic nitrogens is 2. The summed E-state index contributed by atoms with van der Waals surface area (Å²) in [6.07, 6.45) is 3.86. The van der Waals surface area contributed by atoms with Crippen LogP contribution in [-0.4, -0.2) is 17.4 Å². The van der Waals surface area contributed by atoms with Crippen molar-refractivity contribution in [2.45, 2.75) is 4.90 Å². The Hall–Kier alpha value is -3.32. The van der Waals surface area contributed by atoms with E-state index in [-0.39, 0.29) is 16.2 Å². The lowest BCUT2D eigenvalue weighted by Crippen LogP contribution is -2.13. The molecule has 4 rings (SSSR count). The zero-order valence-corrected chi connectivity index (χ0v) is 15.9. The third-order valence-corrected chi connectivity index (χ3v) is 6.09. The second kappa shape index (κ2) is 7.25. The standard InChI is InChI=1S/C22H15F2N2O2S/c1-15-9-22(20-7-2-3-8-21(20)24)26(14-15)29(27,28)19-6-4-5-16(11-19)17-10-18(23)13-25-12-17/h2-14H,1H2. The first-order valence-corrected chi connectivity index (χ1v) is 10.1. The molecule has 0 spiro atoms. The fourth-order valence-corrected chi connectivity index (χ4v) is 4.52. The highest BCUT2D eigenvalue weighted by Crippen LogP contribution is 2.30. The molecule has 1 radical (unpaired) electrons. The molecule has 0 aliphatic heterocycles. The Morgan fingerprint density at radius 2 is 1.69 bits per heavy atom. The van der Waals surface area contributed by atoms with Crippen molar-refractivity contribution in [2.75, 3.05) is 0 Å². The molecule has 0 unspecified atom stereocenters. The molecule has 0 saturated carbocycles. The summed E-state index contributed by atoms with van der Waals surface area (Å²) in [5, 5.41) is 0. The second-order valence-electron chi connectivity index (χ2n) is 6.43. The van der Waals surface area contributed by atoms with E-state index in [0.29, 0.717) is 16.7 Å². The van der Waals surface area contributed by atoms with Gasteiger partial charge in [0, 0.05) is 23.5 Å². The molecule has 0 aliphatic rings. The molecule has 0 bridgehead atoms. The zero-order valence-electron chi connectivity index (χ0n) is 15.1. The largest absolute Gasteiger partial charge is 0.268 e. The van der Waals surface area contributed by atoms with Gasteiger partial charge in [-0.3, -0.25) is 4.98 Å². The zero-order chi connectivity index (χ0) is 20.6. The van der Waals surface area contributed by atoms with Crippen molar-refractivity contribution in [1.82, 2.24) is 8.96 Å². The van der Waals surface area contributed by atoms with Crippen molar-refractivity contribution < 1.29 is 17.2 Å². The highest BCUT2D eigenvalue weighted by atomic mass is 32.2. The third-order valence-electron chi connectivity index (χ3n) is 4.42. The molecule has 0 atom stereocenters. The van der Waals surface area contributed by atoms with Gasteiger partial charge < -0.3 is 0 Å². The average Bonchev–Trinajstić information content (AvgIpc) is 3.11. The second-order valence-corrected chi connectivity index (χ2v) is 8.25. The van der Waals surface area contributed by atoms with Gasteiger partial charge in [0.25, 0.3) is 10.0 Å². The normalized spacial score (nSPS) is 11.6. The van der Waals surface area contributed by atoms with Crippen LogP contribution in [0.1, 0.15) is 5.56 Å². The van der Waals surface area contributed by atoms with Gasteiger partial charge in [-0.05, 0) is 54.4 Å². The van der Waals surface area contributed by atoms with Crippen molar-refractivity contribution in [1.29, 1.82) is 0 Å². The smallest absolute Gasteiger partial charge is 0.261 e. The van der Waals surface area contributed by atoms with Crippen LogP contribution >= 0.6 is 0 Å². The molecule has 0 saturated heterocycles. The van der Waals surface area contributed by atoms with E-state index in [2.05, 4.69) is 11.9 Å². The van der Waals surface area contributed by atoms with Crippen LogP contribution in [0.25, 0.3) is 22.4 Å². The van der Waals surface area contributed by atoms with Crippen molar-refractivity contribution in [3.63, 3.8) is 0 Å². The van der Waals surface area contributed by atoms with E-state index in [4.69, 9.17) is 0 Å². The van der Waals surface area contributed by atoms with Crippen molar-refractivity contribution in [2.24, 2.45) is 0 Å². The van der Waals surface area contributed by atoms with Crippen molar-refractivity contribution >= 4 is 10.0 Å². The topological polar surface area (TPSA) is 52.0 Å². The van der Waals surface area contributed by atoms with Crippen LogP contribution in [0.5, 0.6) is 0 Å². The molecular formula is C22H15F2N2O2S. The van der Waals surface area contributed by atoms with Crippen molar-refractivity contribution in [3.05, 3.63) is 103 Å². The lowest BCUT2D eigenvalue weighted by atomic mass is 10.1. The van der Waals surface area contributed by atoms with Crippen LogP contribution in [-0.2, 0) is 10.0 Å². The SMILES string of the molecule is [CH2]c1cc(-c2ccccc2F)n(S(=O)(=O)c2cccc(-c3cncc(F)c3)c2)c1. The molecule has 2 aromatic heterocycles. The molecule has 145 valence electrons. The summed E-state index contributed by atoms with van der Waals surface area (Å²) in [6, 6.07) is 14.8. The Balaban J connectivity index is 1.86. The summed E-state index contributed by atoms with van der Waals surface area (Å²) in [4.78, 5) is 3.78. The maximum atomic E-state index is 14.3. The molecule has 0 N–H and O–H groups in total. The monoisotopic (exact) mass is 409 g/mol. The third kappa shape index (κ3) is 3.56. The fraction of sp³-hybridized carbons (Fsp3) is 0. The molecular weight excluding hydrogens is 394 g/mol. The van der Waals surface area contributed by atoms with E-state index in [1.165, 1.54) is 54.9 Å². The van der Waals surface area contributed by atoms with Crippen LogP contribution < -0.4 is 0 Å². The Bertz CT molecular complexity index is 1310. The first-order valence-electron chi connectivity index (χ1n) is 8.62. The van der Waals surface area contributed by atoms with E-state index in [1.807, 2.05) is 0 Å². The highest BCUT2D eigenvalue weighted by Gasteiger charge is 2.23. The summed E-state index contributed by atoms with van der Waals surface area (Å²) in [6.45, 7) is 3.78. The predicted molar refractivity (Wildman–Crippen MR) is 106 cm³/mol. The summed E-state index contributed by atoms with van der Waals surface area (Å²) >= 11 is 0. The maximum absolute atomic E-state index is 14.3. The van der Waals surface area contributed by atoms with E-state index < -0.39 is 21.7 Å². The average molecular weight is 409 g/mol. The fourth-order valence-electron chi connectivity index (χ4n) is 3.08. The summed E-state index contributed by atoms with van der Waals surface area (Å²) in [5.74, 6) is -1.06. The van der Waals surface area contributed by atoms with Gasteiger partial charge in [-0.15, -0.1) is 0 Å². The van der Waals surface area contributed by atoms with Crippen molar-refractivity contribution in [3.8, 4) is 22.4 Å². The van der Waals surface area contributed by atoms with Crippen LogP contribution in [0.4, 0.5) is 8.78 Å². The molecule has 2 heterocycles. The molecule has 4 nitrogen and oxygen atoms in total. The van der Waals surface area contributed by atoms with Crippen LogP contribution in [0, 0.1) is 18.6 Å². The Kier molecular flexibility index (Phi) is 4.76. The maximum Gasteiger partial charge on any atom is 0.268 e. The van der Waals surface area contributed by atoms with Gasteiger partial charge in [0.2, 0.25) is 0 Å². The number of rotatable bonds is 4. The molecule has 4 aromatic rings. The summed E-state index contributed by atoms with van der Waals surface area (Å²) in [7, 11) is -4.06. The van der Waals surface area contributed by atoms with Crippen LogP contribution in [0.3, 0.4) is 0 Å². The minimum Gasteiger partial charge on any atom is -0.261 e. The predicted octanol–water partition coefficient (Wildman–Crippen LogP) is 4.91. The number of benzene rings is 2. The molecule has 0 amide bonds. The van der Waals surface area contributed by atoms with E-state index in [1.54, 1.807) is 18.2 Å². The number of nitrogens with zero attached hydrogens (tertiary/aromatic N) is 2. The van der Waals surface area contributed by atoms with Gasteiger partial charge in [0.05, 0.1) is 16.8 Å². The number of pyridine rings is 1. The van der Waals surface area contributed by atoms with Gasteiger partial charge >= 0.3 is 0 Å². The number of hydrogen-bond donors (Lipinski definition) is 0. The first-order chi connectivity index (χ1) is 13.9. The molecule has 0 aliphatic carbocycles. The van der Waals surface area contributed by atoms with Gasteiger partial charge in [-0.2, -0.15) is 0 Å². The lowest BCUT2D eigenvalue weighted by molar-refractivity contribution is 0.587. The van der Waals surface area contributed by atoms with Crippen LogP contribution in [0.2, 0.25) is 0 Å². The van der Waals surface area contributed by atoms with Gasteiger partial charge in [0.15, 0.2) is 0 Å². The minimum atomic E-state index is -4.06. The van der Waals surface area contributed by atoms with Gasteiger partial charge in [-0.1, -0.05) is 24.3 Å². The number of hydrogen-bond acceptors (Lipinski definition) is 3.